The van der Waals surface area contributed by atoms with Crippen LogP contribution in [0.15, 0.2) is 60.7 Å². The minimum Gasteiger partial charge on any atom is -0.429 e. The Kier molecular flexibility index (Phi) is 10.2. The fourth-order valence-corrected chi connectivity index (χ4v) is 4.29. The van der Waals surface area contributed by atoms with Crippen LogP contribution < -0.4 is 9.47 Å². The van der Waals surface area contributed by atoms with E-state index in [0.29, 0.717) is 24.5 Å². The van der Waals surface area contributed by atoms with E-state index < -0.39 is 98.3 Å². The third-order valence-electron chi connectivity index (χ3n) is 6.57. The molecule has 4 aromatic rings. The average molecular weight is 682 g/mol. The van der Waals surface area contributed by atoms with Gasteiger partial charge in [-0.15, -0.1) is 0 Å². The van der Waals surface area contributed by atoms with E-state index in [1.807, 2.05) is 6.92 Å². The monoisotopic (exact) mass is 682 g/mol. The summed E-state index contributed by atoms with van der Waals surface area (Å²) in [5, 5.41) is 0. The van der Waals surface area contributed by atoms with Gasteiger partial charge in [0.25, 0.3) is 0 Å². The Balaban J connectivity index is 1.57. The third-order valence-corrected chi connectivity index (χ3v) is 6.57. The molecular formula is C32H19F13O2. The van der Waals surface area contributed by atoms with E-state index in [0.717, 1.165) is 18.6 Å². The molecule has 0 aromatic heterocycles. The third kappa shape index (κ3) is 7.66. The van der Waals surface area contributed by atoms with Crippen LogP contribution in [-0.2, 0) is 18.6 Å². The molecule has 0 atom stereocenters. The number of aryl methyl sites for hydroxylation is 1. The first kappa shape index (κ1) is 35.2. The summed E-state index contributed by atoms with van der Waals surface area (Å²) in [6.07, 6.45) is -7.88. The standard InChI is InChI=1S/C32H19F13O2/c1-2-3-4-15-5-7-19(21(33)9-15)29(40)28(39)16-6-8-20(22(34)10-16)31(42,43)46-17-11-23(35)27(24(36)12-17)32(44,45)47-18-13-25(37)30(41)26(38)14-18/h5-14H,2-4H2,1H3. The van der Waals surface area contributed by atoms with Crippen molar-refractivity contribution in [3.05, 3.63) is 129 Å². The first-order valence-electron chi connectivity index (χ1n) is 13.4. The van der Waals surface area contributed by atoms with E-state index in [-0.39, 0.29) is 36.4 Å². The number of hydrogen-bond acceptors (Lipinski definition) is 2. The Bertz CT molecular complexity index is 1790. The molecule has 4 aromatic carbocycles. The van der Waals surface area contributed by atoms with Crippen molar-refractivity contribution in [3.63, 3.8) is 0 Å². The van der Waals surface area contributed by atoms with Gasteiger partial charge in [-0.25, -0.2) is 39.5 Å². The molecule has 0 aliphatic heterocycles. The summed E-state index contributed by atoms with van der Waals surface area (Å²) in [6, 6.07) is 3.63. The molecule has 0 radical (unpaired) electrons. The molecule has 0 saturated carbocycles. The second kappa shape index (κ2) is 13.6. The largest absolute Gasteiger partial charge is 0.432 e. The summed E-state index contributed by atoms with van der Waals surface area (Å²) in [7, 11) is 0. The van der Waals surface area contributed by atoms with Gasteiger partial charge in [-0.1, -0.05) is 25.5 Å². The molecule has 0 fully saturated rings. The summed E-state index contributed by atoms with van der Waals surface area (Å²) < 4.78 is 194. The van der Waals surface area contributed by atoms with Gasteiger partial charge in [0, 0.05) is 35.4 Å². The molecule has 4 rings (SSSR count). The van der Waals surface area contributed by atoms with Crippen molar-refractivity contribution in [2.24, 2.45) is 0 Å². The van der Waals surface area contributed by atoms with Gasteiger partial charge in [0.05, 0.1) is 5.56 Å². The zero-order valence-corrected chi connectivity index (χ0v) is 23.6. The van der Waals surface area contributed by atoms with Crippen molar-refractivity contribution in [1.82, 2.24) is 0 Å². The number of alkyl halides is 4. The van der Waals surface area contributed by atoms with Gasteiger partial charge in [0.1, 0.15) is 40.3 Å². The van der Waals surface area contributed by atoms with Crippen LogP contribution in [0.3, 0.4) is 0 Å². The van der Waals surface area contributed by atoms with E-state index in [1.54, 1.807) is 0 Å². The molecule has 0 amide bonds. The first-order chi connectivity index (χ1) is 21.9. The highest BCUT2D eigenvalue weighted by Crippen LogP contribution is 2.40. The van der Waals surface area contributed by atoms with Crippen molar-refractivity contribution < 1.29 is 66.5 Å². The lowest BCUT2D eigenvalue weighted by Gasteiger charge is -2.22. The van der Waals surface area contributed by atoms with Gasteiger partial charge in [-0.2, -0.15) is 17.6 Å². The summed E-state index contributed by atoms with van der Waals surface area (Å²) in [6.45, 7) is 1.89. The van der Waals surface area contributed by atoms with Gasteiger partial charge < -0.3 is 9.47 Å². The van der Waals surface area contributed by atoms with E-state index in [4.69, 9.17) is 0 Å². The topological polar surface area (TPSA) is 18.5 Å². The van der Waals surface area contributed by atoms with Gasteiger partial charge in [0.15, 0.2) is 29.1 Å². The van der Waals surface area contributed by atoms with E-state index in [9.17, 15) is 57.1 Å². The molecule has 0 heterocycles. The zero-order valence-electron chi connectivity index (χ0n) is 23.6. The van der Waals surface area contributed by atoms with Crippen LogP contribution in [0.4, 0.5) is 57.1 Å². The molecular weight excluding hydrogens is 663 g/mol. The molecule has 0 aliphatic rings. The normalized spacial score (nSPS) is 12.6. The molecule has 0 bridgehead atoms. The van der Waals surface area contributed by atoms with Crippen molar-refractivity contribution in [2.75, 3.05) is 0 Å². The highest BCUT2D eigenvalue weighted by atomic mass is 19.3. The zero-order chi connectivity index (χ0) is 34.8. The minimum atomic E-state index is -5.04. The number of hydrogen-bond donors (Lipinski definition) is 0. The van der Waals surface area contributed by atoms with Crippen LogP contribution >= 0.6 is 0 Å². The van der Waals surface area contributed by atoms with Crippen molar-refractivity contribution >= 4 is 11.7 Å². The van der Waals surface area contributed by atoms with Crippen LogP contribution in [0.25, 0.3) is 11.7 Å². The van der Waals surface area contributed by atoms with Crippen molar-refractivity contribution in [3.8, 4) is 11.5 Å². The average Bonchev–Trinajstić information content (AvgIpc) is 2.96. The first-order valence-corrected chi connectivity index (χ1v) is 13.4. The van der Waals surface area contributed by atoms with Gasteiger partial charge in [-0.05, 0) is 42.7 Å². The number of ether oxygens (including phenoxy) is 2. The minimum absolute atomic E-state index is 0.0556. The Morgan fingerprint density at radius 2 is 1.15 bits per heavy atom. The Hall–Kier alpha value is -4.69. The molecule has 0 N–H and O–H groups in total. The smallest absolute Gasteiger partial charge is 0.429 e. The lowest BCUT2D eigenvalue weighted by atomic mass is 10.0. The van der Waals surface area contributed by atoms with Crippen molar-refractivity contribution in [2.45, 2.75) is 38.4 Å². The van der Waals surface area contributed by atoms with Crippen LogP contribution in [-0.4, -0.2) is 0 Å². The van der Waals surface area contributed by atoms with Crippen molar-refractivity contribution in [1.29, 1.82) is 0 Å². The quantitative estimate of drug-likeness (QED) is 0.0891. The predicted octanol–water partition coefficient (Wildman–Crippen LogP) is 11.0. The number of halogens is 13. The van der Waals surface area contributed by atoms with Crippen LogP contribution in [0.1, 0.15) is 47.6 Å². The van der Waals surface area contributed by atoms with Crippen LogP contribution in [0.5, 0.6) is 11.5 Å². The predicted molar refractivity (Wildman–Crippen MR) is 142 cm³/mol. The summed E-state index contributed by atoms with van der Waals surface area (Å²) in [5.41, 5.74) is -5.14. The van der Waals surface area contributed by atoms with Gasteiger partial charge in [0.2, 0.25) is 0 Å². The summed E-state index contributed by atoms with van der Waals surface area (Å²) >= 11 is 0. The lowest BCUT2D eigenvalue weighted by Crippen LogP contribution is -2.26. The Morgan fingerprint density at radius 3 is 1.68 bits per heavy atom. The second-order valence-electron chi connectivity index (χ2n) is 9.94. The lowest BCUT2D eigenvalue weighted by molar-refractivity contribution is -0.191. The fraction of sp³-hybridized carbons (Fsp3) is 0.188. The Labute approximate surface area is 257 Å². The summed E-state index contributed by atoms with van der Waals surface area (Å²) in [5.74, 6) is -20.0. The van der Waals surface area contributed by atoms with Gasteiger partial charge in [-0.3, -0.25) is 0 Å². The second-order valence-corrected chi connectivity index (χ2v) is 9.94. The van der Waals surface area contributed by atoms with Crippen LogP contribution in [0, 0.1) is 40.7 Å². The van der Waals surface area contributed by atoms with E-state index >= 15 is 0 Å². The van der Waals surface area contributed by atoms with E-state index in [1.165, 1.54) is 6.07 Å². The van der Waals surface area contributed by atoms with E-state index in [2.05, 4.69) is 9.47 Å². The molecule has 15 heteroatoms. The number of rotatable bonds is 11. The molecule has 0 aliphatic carbocycles. The molecule has 47 heavy (non-hydrogen) atoms. The maximum atomic E-state index is 14.8. The SMILES string of the molecule is CCCCc1ccc(C(F)=C(F)c2ccc(C(F)(F)Oc3cc(F)c(C(F)(F)Oc4cc(F)c(F)c(F)c4)c(F)c3)c(F)c2)c(F)c1. The highest BCUT2D eigenvalue weighted by molar-refractivity contribution is 5.83. The Morgan fingerprint density at radius 1 is 0.596 bits per heavy atom. The summed E-state index contributed by atoms with van der Waals surface area (Å²) in [4.78, 5) is 0. The maximum absolute atomic E-state index is 14.8. The highest BCUT2D eigenvalue weighted by Gasteiger charge is 2.43. The van der Waals surface area contributed by atoms with Crippen LogP contribution in [0.2, 0.25) is 0 Å². The molecule has 2 nitrogen and oxygen atoms in total. The molecule has 0 saturated heterocycles. The fourth-order valence-electron chi connectivity index (χ4n) is 4.29. The number of benzene rings is 4. The molecule has 0 spiro atoms. The van der Waals surface area contributed by atoms with Gasteiger partial charge >= 0.3 is 12.2 Å². The molecule has 0 unspecified atom stereocenters. The number of unbranched alkanes of at least 4 members (excludes halogenated alkanes) is 1. The molecule has 250 valence electrons. The maximum Gasteiger partial charge on any atom is 0.432 e.